The second-order valence-corrected chi connectivity index (χ2v) is 6.00. The molecule has 1 aromatic carbocycles. The lowest BCUT2D eigenvalue weighted by molar-refractivity contribution is 0.261. The van der Waals surface area contributed by atoms with Gasteiger partial charge in [-0.15, -0.1) is 0 Å². The predicted molar refractivity (Wildman–Crippen MR) is 103 cm³/mol. The highest BCUT2D eigenvalue weighted by atomic mass is 16.5. The van der Waals surface area contributed by atoms with E-state index in [9.17, 15) is 0 Å². The second-order valence-electron chi connectivity index (χ2n) is 6.00. The minimum absolute atomic E-state index is 0.240. The minimum atomic E-state index is 0.240. The van der Waals surface area contributed by atoms with Crippen molar-refractivity contribution in [2.24, 2.45) is 10.7 Å². The van der Waals surface area contributed by atoms with Crippen LogP contribution in [0.25, 0.3) is 0 Å². The normalized spacial score (nSPS) is 11.5. The standard InChI is InChI=1S/C18H26N6O2/c1-13-11-16(25-4)22-18(21-13)23-17(19)20-12-14-5-7-15(8-6-14)26-10-9-24(2)3/h5-8,11H,9-10,12H2,1-4H3,(H3,19,20,21,22,23). The van der Waals surface area contributed by atoms with Gasteiger partial charge in [-0.2, -0.15) is 4.98 Å². The zero-order chi connectivity index (χ0) is 18.9. The molecule has 0 bridgehead atoms. The zero-order valence-corrected chi connectivity index (χ0v) is 15.7. The molecule has 1 aromatic heterocycles. The summed E-state index contributed by atoms with van der Waals surface area (Å²) in [4.78, 5) is 14.8. The Balaban J connectivity index is 1.89. The van der Waals surface area contributed by atoms with Crippen LogP contribution in [0.15, 0.2) is 35.3 Å². The lowest BCUT2D eigenvalue weighted by Gasteiger charge is -2.11. The highest BCUT2D eigenvalue weighted by Crippen LogP contribution is 2.13. The molecule has 0 atom stereocenters. The Morgan fingerprint density at radius 2 is 1.96 bits per heavy atom. The van der Waals surface area contributed by atoms with Crippen LogP contribution in [0.3, 0.4) is 0 Å². The lowest BCUT2D eigenvalue weighted by atomic mass is 10.2. The number of aliphatic imine (C=N–C) groups is 1. The molecule has 3 N–H and O–H groups in total. The van der Waals surface area contributed by atoms with Gasteiger partial charge in [0.2, 0.25) is 11.8 Å². The van der Waals surface area contributed by atoms with Gasteiger partial charge < -0.3 is 20.1 Å². The maximum absolute atomic E-state index is 5.91. The van der Waals surface area contributed by atoms with E-state index in [2.05, 4.69) is 25.2 Å². The van der Waals surface area contributed by atoms with Gasteiger partial charge in [-0.25, -0.2) is 9.98 Å². The van der Waals surface area contributed by atoms with Crippen molar-refractivity contribution in [3.8, 4) is 11.6 Å². The van der Waals surface area contributed by atoms with E-state index in [4.69, 9.17) is 15.2 Å². The Morgan fingerprint density at radius 3 is 2.62 bits per heavy atom. The molecule has 8 nitrogen and oxygen atoms in total. The largest absolute Gasteiger partial charge is 0.492 e. The molecule has 2 aromatic rings. The first kappa shape index (κ1) is 19.5. The number of nitrogens with zero attached hydrogens (tertiary/aromatic N) is 4. The summed E-state index contributed by atoms with van der Waals surface area (Å²) in [5.41, 5.74) is 7.71. The van der Waals surface area contributed by atoms with Crippen LogP contribution in [-0.4, -0.2) is 55.2 Å². The van der Waals surface area contributed by atoms with E-state index in [1.807, 2.05) is 45.3 Å². The topological polar surface area (TPSA) is 97.9 Å². The number of methoxy groups -OCH3 is 1. The third-order valence-electron chi connectivity index (χ3n) is 3.44. The van der Waals surface area contributed by atoms with Crippen LogP contribution in [-0.2, 0) is 6.54 Å². The average molecular weight is 358 g/mol. The van der Waals surface area contributed by atoms with Crippen LogP contribution in [0.4, 0.5) is 5.95 Å². The Labute approximate surface area is 154 Å². The number of aromatic nitrogens is 2. The molecular weight excluding hydrogens is 332 g/mol. The Morgan fingerprint density at radius 1 is 1.23 bits per heavy atom. The van der Waals surface area contributed by atoms with E-state index in [-0.39, 0.29) is 5.96 Å². The molecule has 26 heavy (non-hydrogen) atoms. The van der Waals surface area contributed by atoms with Gasteiger partial charge in [-0.05, 0) is 38.7 Å². The Hall–Kier alpha value is -2.87. The van der Waals surface area contributed by atoms with Crippen LogP contribution >= 0.6 is 0 Å². The third-order valence-corrected chi connectivity index (χ3v) is 3.44. The van der Waals surface area contributed by atoms with Crippen molar-refractivity contribution in [2.45, 2.75) is 13.5 Å². The molecule has 140 valence electrons. The number of benzene rings is 1. The number of hydrogen-bond acceptors (Lipinski definition) is 6. The summed E-state index contributed by atoms with van der Waals surface area (Å²) in [5, 5.41) is 2.87. The first-order valence-electron chi connectivity index (χ1n) is 8.29. The van der Waals surface area contributed by atoms with Gasteiger partial charge in [0, 0.05) is 18.3 Å². The number of aryl methyl sites for hydroxylation is 1. The Kier molecular flexibility index (Phi) is 7.16. The molecular formula is C18H26N6O2. The quantitative estimate of drug-likeness (QED) is 0.547. The predicted octanol–water partition coefficient (Wildman–Crippen LogP) is 1.66. The summed E-state index contributed by atoms with van der Waals surface area (Å²) in [6.45, 7) is 3.83. The molecule has 0 aliphatic heterocycles. The van der Waals surface area contributed by atoms with Crippen molar-refractivity contribution in [3.63, 3.8) is 0 Å². The van der Waals surface area contributed by atoms with Crippen LogP contribution in [0.5, 0.6) is 11.6 Å². The van der Waals surface area contributed by atoms with Gasteiger partial charge in [0.15, 0.2) is 5.96 Å². The Bertz CT molecular complexity index is 731. The number of hydrogen-bond donors (Lipinski definition) is 2. The first-order chi connectivity index (χ1) is 12.5. The smallest absolute Gasteiger partial charge is 0.233 e. The van der Waals surface area contributed by atoms with Gasteiger partial charge >= 0.3 is 0 Å². The molecule has 0 spiro atoms. The highest BCUT2D eigenvalue weighted by Gasteiger charge is 2.03. The summed E-state index contributed by atoms with van der Waals surface area (Å²) < 4.78 is 10.8. The summed E-state index contributed by atoms with van der Waals surface area (Å²) in [6, 6.07) is 9.53. The molecule has 0 saturated carbocycles. The third kappa shape index (κ3) is 6.56. The lowest BCUT2D eigenvalue weighted by Crippen LogP contribution is -2.24. The fraction of sp³-hybridized carbons (Fsp3) is 0.389. The molecule has 0 radical (unpaired) electrons. The van der Waals surface area contributed by atoms with E-state index < -0.39 is 0 Å². The highest BCUT2D eigenvalue weighted by molar-refractivity contribution is 5.90. The van der Waals surface area contributed by atoms with Crippen molar-refractivity contribution in [1.29, 1.82) is 0 Å². The maximum Gasteiger partial charge on any atom is 0.233 e. The number of rotatable bonds is 8. The van der Waals surface area contributed by atoms with Crippen molar-refractivity contribution >= 4 is 11.9 Å². The molecule has 0 amide bonds. The average Bonchev–Trinajstić information content (AvgIpc) is 2.60. The molecule has 0 unspecified atom stereocenters. The van der Waals surface area contributed by atoms with Gasteiger partial charge in [0.25, 0.3) is 0 Å². The molecule has 1 heterocycles. The molecule has 8 heteroatoms. The number of ether oxygens (including phenoxy) is 2. The first-order valence-corrected chi connectivity index (χ1v) is 8.29. The monoisotopic (exact) mass is 358 g/mol. The van der Waals surface area contributed by atoms with E-state index in [1.165, 1.54) is 0 Å². The van der Waals surface area contributed by atoms with Crippen molar-refractivity contribution in [1.82, 2.24) is 14.9 Å². The summed E-state index contributed by atoms with van der Waals surface area (Å²) in [7, 11) is 5.58. The van der Waals surface area contributed by atoms with Crippen LogP contribution in [0.1, 0.15) is 11.3 Å². The number of anilines is 1. The van der Waals surface area contributed by atoms with Crippen LogP contribution in [0, 0.1) is 6.92 Å². The fourth-order valence-electron chi connectivity index (χ4n) is 2.07. The summed E-state index contributed by atoms with van der Waals surface area (Å²) in [5.74, 6) is 1.90. The van der Waals surface area contributed by atoms with Gasteiger partial charge in [-0.1, -0.05) is 12.1 Å². The second kappa shape index (κ2) is 9.57. The maximum atomic E-state index is 5.91. The van der Waals surface area contributed by atoms with Crippen molar-refractivity contribution < 1.29 is 9.47 Å². The van der Waals surface area contributed by atoms with Gasteiger partial charge in [-0.3, -0.25) is 5.32 Å². The molecule has 0 saturated heterocycles. The zero-order valence-electron chi connectivity index (χ0n) is 15.7. The number of likely N-dealkylation sites (N-methyl/N-ethyl adjacent to an activating group) is 1. The number of nitrogens with one attached hydrogen (secondary N) is 1. The van der Waals surface area contributed by atoms with E-state index in [0.29, 0.717) is 25.0 Å². The number of nitrogens with two attached hydrogens (primary N) is 1. The van der Waals surface area contributed by atoms with E-state index in [0.717, 1.165) is 23.6 Å². The van der Waals surface area contributed by atoms with E-state index >= 15 is 0 Å². The molecule has 0 aliphatic carbocycles. The van der Waals surface area contributed by atoms with Crippen LogP contribution in [0.2, 0.25) is 0 Å². The molecule has 0 aliphatic rings. The van der Waals surface area contributed by atoms with Gasteiger partial charge in [0.05, 0.1) is 13.7 Å². The SMILES string of the molecule is COc1cc(C)nc(NC(N)=NCc2ccc(OCCN(C)C)cc2)n1. The molecule has 0 fully saturated rings. The van der Waals surface area contributed by atoms with Crippen LogP contribution < -0.4 is 20.5 Å². The van der Waals surface area contributed by atoms with E-state index in [1.54, 1.807) is 13.2 Å². The fourth-order valence-corrected chi connectivity index (χ4v) is 2.07. The number of guanidine groups is 1. The van der Waals surface area contributed by atoms with Crippen molar-refractivity contribution in [2.75, 3.05) is 39.7 Å². The molecule has 2 rings (SSSR count). The minimum Gasteiger partial charge on any atom is -0.492 e. The van der Waals surface area contributed by atoms with Crippen molar-refractivity contribution in [3.05, 3.63) is 41.6 Å². The summed E-state index contributed by atoms with van der Waals surface area (Å²) in [6.07, 6.45) is 0. The summed E-state index contributed by atoms with van der Waals surface area (Å²) >= 11 is 0. The van der Waals surface area contributed by atoms with Gasteiger partial charge in [0.1, 0.15) is 12.4 Å².